The molecule has 12 nitrogen and oxygen atoms in total. The van der Waals surface area contributed by atoms with E-state index in [9.17, 15) is 14.4 Å². The second-order valence-corrected chi connectivity index (χ2v) is 11.6. The molecule has 3 atom stereocenters. The number of hydrogen-bond donors (Lipinski definition) is 4. The second-order valence-electron chi connectivity index (χ2n) is 11.6. The van der Waals surface area contributed by atoms with Crippen molar-refractivity contribution in [2.24, 2.45) is 5.41 Å². The third kappa shape index (κ3) is 7.67. The van der Waals surface area contributed by atoms with Crippen LogP contribution in [0.3, 0.4) is 0 Å². The molecule has 1 fully saturated rings. The standard InChI is InChI=1S/C31H41N7O5.ClH/c1-18(32-5)28(39)37-26(31(2,3)4)30(41)38-13-9-12-24(38)29(40)36-23-15-21-22(16-25(23)43-7)33-17-34-27(21)35-19-10-8-11-20(14-19)42-6;/h8,10-11,14-18,24,26,32H,9,12-13H2,1-7H3,(H,36,40)(H,37,39)(H,33,34,35);1H/t18-,24-,26+;/m0./s1. The molecule has 2 aromatic carbocycles. The molecule has 3 aromatic rings. The second kappa shape index (κ2) is 14.5. The zero-order chi connectivity index (χ0) is 31.3. The van der Waals surface area contributed by atoms with Crippen LogP contribution in [0.5, 0.6) is 11.5 Å². The summed E-state index contributed by atoms with van der Waals surface area (Å²) in [6.07, 6.45) is 2.61. The Labute approximate surface area is 264 Å². The van der Waals surface area contributed by atoms with Crippen molar-refractivity contribution in [2.45, 2.75) is 58.7 Å². The lowest BCUT2D eigenvalue weighted by Gasteiger charge is -2.36. The molecule has 0 aliphatic carbocycles. The number of likely N-dealkylation sites (N-methyl/N-ethyl adjacent to an activating group) is 1. The maximum absolute atomic E-state index is 13.8. The van der Waals surface area contributed by atoms with Gasteiger partial charge in [0, 0.05) is 29.8 Å². The summed E-state index contributed by atoms with van der Waals surface area (Å²) < 4.78 is 10.9. The number of aromatic nitrogens is 2. The van der Waals surface area contributed by atoms with Crippen LogP contribution in [0.4, 0.5) is 17.2 Å². The van der Waals surface area contributed by atoms with E-state index in [-0.39, 0.29) is 30.1 Å². The van der Waals surface area contributed by atoms with E-state index in [1.807, 2.05) is 45.0 Å². The van der Waals surface area contributed by atoms with Gasteiger partial charge in [0.2, 0.25) is 17.7 Å². The smallest absolute Gasteiger partial charge is 0.247 e. The summed E-state index contributed by atoms with van der Waals surface area (Å²) in [5.41, 5.74) is 1.24. The number of rotatable bonds is 10. The summed E-state index contributed by atoms with van der Waals surface area (Å²) in [6.45, 7) is 7.82. The number of fused-ring (bicyclic) bond motifs is 1. The van der Waals surface area contributed by atoms with Crippen LogP contribution in [0.25, 0.3) is 10.9 Å². The molecule has 4 rings (SSSR count). The first-order valence-corrected chi connectivity index (χ1v) is 14.3. The summed E-state index contributed by atoms with van der Waals surface area (Å²) in [5.74, 6) is 0.740. The van der Waals surface area contributed by atoms with Crippen molar-refractivity contribution in [2.75, 3.05) is 38.4 Å². The molecular weight excluding hydrogens is 586 g/mol. The quantitative estimate of drug-likeness (QED) is 0.263. The number of nitrogens with one attached hydrogen (secondary N) is 4. The minimum Gasteiger partial charge on any atom is -0.497 e. The summed E-state index contributed by atoms with van der Waals surface area (Å²) in [4.78, 5) is 50.6. The predicted octanol–water partition coefficient (Wildman–Crippen LogP) is 3.88. The van der Waals surface area contributed by atoms with Crippen molar-refractivity contribution in [3.05, 3.63) is 42.7 Å². The van der Waals surface area contributed by atoms with Gasteiger partial charge in [0.15, 0.2) is 0 Å². The Morgan fingerprint density at radius 2 is 1.82 bits per heavy atom. The predicted molar refractivity (Wildman–Crippen MR) is 173 cm³/mol. The number of carbonyl (C=O) groups is 3. The number of anilines is 3. The van der Waals surface area contributed by atoms with Gasteiger partial charge in [-0.3, -0.25) is 14.4 Å². The van der Waals surface area contributed by atoms with E-state index in [0.717, 1.165) is 5.69 Å². The molecule has 4 N–H and O–H groups in total. The van der Waals surface area contributed by atoms with Crippen LogP contribution < -0.4 is 30.7 Å². The monoisotopic (exact) mass is 627 g/mol. The van der Waals surface area contributed by atoms with Crippen LogP contribution in [-0.4, -0.2) is 78.5 Å². The molecule has 1 aliphatic rings. The maximum atomic E-state index is 13.8. The van der Waals surface area contributed by atoms with Crippen LogP contribution in [0.1, 0.15) is 40.5 Å². The van der Waals surface area contributed by atoms with Crippen LogP contribution >= 0.6 is 12.4 Å². The molecule has 3 amide bonds. The maximum Gasteiger partial charge on any atom is 0.247 e. The highest BCUT2D eigenvalue weighted by atomic mass is 35.5. The summed E-state index contributed by atoms with van der Waals surface area (Å²) in [7, 11) is 4.80. The Morgan fingerprint density at radius 3 is 2.48 bits per heavy atom. The van der Waals surface area contributed by atoms with Crippen molar-refractivity contribution < 1.29 is 23.9 Å². The Morgan fingerprint density at radius 1 is 1.07 bits per heavy atom. The van der Waals surface area contributed by atoms with Gasteiger partial charge in [-0.1, -0.05) is 26.8 Å². The number of benzene rings is 2. The van der Waals surface area contributed by atoms with Gasteiger partial charge in [-0.15, -0.1) is 12.4 Å². The number of methoxy groups -OCH3 is 2. The molecule has 1 aliphatic heterocycles. The van der Waals surface area contributed by atoms with Crippen molar-refractivity contribution in [3.8, 4) is 11.5 Å². The molecule has 1 aromatic heterocycles. The first-order valence-electron chi connectivity index (χ1n) is 14.3. The minimum absolute atomic E-state index is 0. The summed E-state index contributed by atoms with van der Waals surface area (Å²) >= 11 is 0. The van der Waals surface area contributed by atoms with E-state index in [1.165, 1.54) is 13.4 Å². The fourth-order valence-corrected chi connectivity index (χ4v) is 5.02. The van der Waals surface area contributed by atoms with Crippen LogP contribution in [-0.2, 0) is 14.4 Å². The van der Waals surface area contributed by atoms with E-state index in [0.29, 0.717) is 53.3 Å². The SMILES string of the molecule is CN[C@@H](C)C(=O)N[C@H](C(=O)N1CCC[C@H]1C(=O)Nc1cc2c(Nc3cccc(OC)c3)ncnc2cc1OC)C(C)(C)C.Cl. The van der Waals surface area contributed by atoms with Gasteiger partial charge in [-0.2, -0.15) is 0 Å². The Balaban J connectivity index is 0.00000529. The van der Waals surface area contributed by atoms with Crippen LogP contribution in [0, 0.1) is 5.41 Å². The van der Waals surface area contributed by atoms with Gasteiger partial charge >= 0.3 is 0 Å². The number of carbonyl (C=O) groups excluding carboxylic acids is 3. The third-order valence-corrected chi connectivity index (χ3v) is 7.61. The molecule has 1 saturated heterocycles. The average molecular weight is 628 g/mol. The largest absolute Gasteiger partial charge is 0.497 e. The minimum atomic E-state index is -0.804. The zero-order valence-electron chi connectivity index (χ0n) is 26.2. The van der Waals surface area contributed by atoms with E-state index < -0.39 is 23.5 Å². The highest BCUT2D eigenvalue weighted by Gasteiger charge is 2.42. The molecule has 238 valence electrons. The number of amides is 3. The molecule has 13 heteroatoms. The van der Waals surface area contributed by atoms with E-state index in [1.54, 1.807) is 38.1 Å². The topological polar surface area (TPSA) is 147 Å². The van der Waals surface area contributed by atoms with Gasteiger partial charge < -0.3 is 35.6 Å². The van der Waals surface area contributed by atoms with Crippen molar-refractivity contribution in [3.63, 3.8) is 0 Å². The lowest BCUT2D eigenvalue weighted by Crippen LogP contribution is -2.59. The van der Waals surface area contributed by atoms with Gasteiger partial charge in [0.25, 0.3) is 0 Å². The zero-order valence-corrected chi connectivity index (χ0v) is 27.0. The molecular formula is C31H42ClN7O5. The third-order valence-electron chi connectivity index (χ3n) is 7.61. The fraction of sp³-hybridized carbons (Fsp3) is 0.452. The number of ether oxygens (including phenoxy) is 2. The molecule has 0 bridgehead atoms. The first kappa shape index (κ1) is 34.3. The molecule has 0 saturated carbocycles. The highest BCUT2D eigenvalue weighted by molar-refractivity contribution is 6.03. The number of nitrogens with zero attached hydrogens (tertiary/aromatic N) is 3. The van der Waals surface area contributed by atoms with Gasteiger partial charge in [0.05, 0.1) is 31.5 Å². The fourth-order valence-electron chi connectivity index (χ4n) is 5.02. The normalized spacial score (nSPS) is 16.0. The Hall–Kier alpha value is -4.16. The molecule has 2 heterocycles. The van der Waals surface area contributed by atoms with Gasteiger partial charge in [-0.25, -0.2) is 9.97 Å². The van der Waals surface area contributed by atoms with Crippen molar-refractivity contribution in [1.82, 2.24) is 25.5 Å². The van der Waals surface area contributed by atoms with E-state index in [2.05, 4.69) is 31.2 Å². The summed E-state index contributed by atoms with van der Waals surface area (Å²) in [6, 6.07) is 8.95. The highest BCUT2D eigenvalue weighted by Crippen LogP contribution is 2.34. The lowest BCUT2D eigenvalue weighted by atomic mass is 9.85. The van der Waals surface area contributed by atoms with E-state index in [4.69, 9.17) is 9.47 Å². The number of halogens is 1. The van der Waals surface area contributed by atoms with Crippen molar-refractivity contribution in [1.29, 1.82) is 0 Å². The Bertz CT molecular complexity index is 1500. The number of hydrogen-bond acceptors (Lipinski definition) is 9. The van der Waals surface area contributed by atoms with Gasteiger partial charge in [0.1, 0.15) is 35.7 Å². The lowest BCUT2D eigenvalue weighted by molar-refractivity contribution is -0.143. The molecule has 0 unspecified atom stereocenters. The van der Waals surface area contributed by atoms with E-state index >= 15 is 0 Å². The van der Waals surface area contributed by atoms with Crippen molar-refractivity contribution >= 4 is 58.2 Å². The Kier molecular flexibility index (Phi) is 11.3. The molecule has 0 radical (unpaired) electrons. The summed E-state index contributed by atoms with van der Waals surface area (Å²) in [5, 5.41) is 12.7. The number of likely N-dealkylation sites (tertiary alicyclic amines) is 1. The molecule has 44 heavy (non-hydrogen) atoms. The first-order chi connectivity index (χ1) is 20.5. The average Bonchev–Trinajstić information content (AvgIpc) is 3.49. The molecule has 0 spiro atoms. The van der Waals surface area contributed by atoms with Gasteiger partial charge in [-0.05, 0) is 50.4 Å². The van der Waals surface area contributed by atoms with Crippen LogP contribution in [0.15, 0.2) is 42.7 Å². The van der Waals surface area contributed by atoms with Crippen LogP contribution in [0.2, 0.25) is 0 Å².